The van der Waals surface area contributed by atoms with Gasteiger partial charge in [-0.15, -0.1) is 0 Å². The van der Waals surface area contributed by atoms with Crippen LogP contribution in [0.3, 0.4) is 0 Å². The molecule has 0 aliphatic rings. The van der Waals surface area contributed by atoms with Crippen molar-refractivity contribution in [3.05, 3.63) is 0 Å². The number of primary amides is 1. The summed E-state index contributed by atoms with van der Waals surface area (Å²) in [5, 5.41) is 15.7. The summed E-state index contributed by atoms with van der Waals surface area (Å²) >= 11 is 0. The van der Waals surface area contributed by atoms with Crippen LogP contribution in [0.25, 0.3) is 0 Å². The molecule has 12 heteroatoms. The van der Waals surface area contributed by atoms with Gasteiger partial charge in [0.25, 0.3) is 0 Å². The number of carboxylic acid groups (broad SMARTS) is 1. The molecule has 10 N–H and O–H groups in total. The molecule has 0 aliphatic carbocycles. The molecule has 0 radical (unpaired) electrons. The van der Waals surface area contributed by atoms with Gasteiger partial charge in [0.05, 0.1) is 25.6 Å². The van der Waals surface area contributed by atoms with Crippen LogP contribution in [0.2, 0.25) is 0 Å². The minimum atomic E-state index is -1.18. The third-order valence-electron chi connectivity index (χ3n) is 3.21. The topological polar surface area (TPSA) is 220 Å². The predicted molar refractivity (Wildman–Crippen MR) is 90.3 cm³/mol. The Bertz CT molecular complexity index is 526. The second-order valence-corrected chi connectivity index (χ2v) is 5.51. The minimum absolute atomic E-state index is 0.222. The second kappa shape index (κ2) is 12.6. The van der Waals surface area contributed by atoms with Crippen LogP contribution < -0.4 is 33.2 Å². The third kappa shape index (κ3) is 10.9. The molecule has 2 unspecified atom stereocenters. The van der Waals surface area contributed by atoms with Crippen molar-refractivity contribution in [1.29, 1.82) is 0 Å². The Labute approximate surface area is 150 Å². The number of carbonyl (C=O) groups excluding carboxylic acids is 4. The van der Waals surface area contributed by atoms with Crippen LogP contribution >= 0.6 is 0 Å². The van der Waals surface area contributed by atoms with Crippen LogP contribution in [0.1, 0.15) is 25.7 Å². The average Bonchev–Trinajstić information content (AvgIpc) is 2.56. The number of aliphatic carboxylic acids is 1. The van der Waals surface area contributed by atoms with E-state index in [1.807, 2.05) is 0 Å². The zero-order valence-corrected chi connectivity index (χ0v) is 14.3. The molecule has 148 valence electrons. The van der Waals surface area contributed by atoms with Gasteiger partial charge in [0.15, 0.2) is 0 Å². The van der Waals surface area contributed by atoms with Gasteiger partial charge in [-0.3, -0.25) is 19.2 Å². The number of nitrogens with two attached hydrogens (primary N) is 3. The summed E-state index contributed by atoms with van der Waals surface area (Å²) in [4.78, 5) is 56.4. The first kappa shape index (κ1) is 23.3. The SMILES string of the molecule is NCCCCC(NC(=O)CNC(=O)CNC(=O)C(N)CC(N)=O)C(=O)O. The summed E-state index contributed by atoms with van der Waals surface area (Å²) < 4.78 is 0. The van der Waals surface area contributed by atoms with Crippen molar-refractivity contribution < 1.29 is 29.1 Å². The number of carboxylic acids is 1. The molecule has 0 bridgehead atoms. The van der Waals surface area contributed by atoms with Crippen LogP contribution in [0.5, 0.6) is 0 Å². The Kier molecular flexibility index (Phi) is 11.3. The predicted octanol–water partition coefficient (Wildman–Crippen LogP) is -3.88. The molecular weight excluding hydrogens is 348 g/mol. The number of rotatable bonds is 13. The molecule has 0 saturated carbocycles. The van der Waals surface area contributed by atoms with E-state index in [0.29, 0.717) is 19.4 Å². The third-order valence-corrected chi connectivity index (χ3v) is 3.21. The first-order valence-electron chi connectivity index (χ1n) is 7.97. The molecule has 26 heavy (non-hydrogen) atoms. The summed E-state index contributed by atoms with van der Waals surface area (Å²) in [7, 11) is 0. The lowest BCUT2D eigenvalue weighted by Crippen LogP contribution is -2.49. The molecule has 2 atom stereocenters. The fourth-order valence-electron chi connectivity index (χ4n) is 1.84. The molecule has 0 rings (SSSR count). The van der Waals surface area contributed by atoms with E-state index in [0.717, 1.165) is 0 Å². The van der Waals surface area contributed by atoms with Gasteiger partial charge in [0, 0.05) is 0 Å². The molecule has 4 amide bonds. The molecule has 0 fully saturated rings. The average molecular weight is 374 g/mol. The van der Waals surface area contributed by atoms with E-state index in [2.05, 4.69) is 16.0 Å². The highest BCUT2D eigenvalue weighted by atomic mass is 16.4. The Balaban J connectivity index is 4.16. The molecule has 0 heterocycles. The smallest absolute Gasteiger partial charge is 0.326 e. The summed E-state index contributed by atoms with van der Waals surface area (Å²) in [6, 6.07) is -2.24. The van der Waals surface area contributed by atoms with Gasteiger partial charge in [0.1, 0.15) is 6.04 Å². The number of nitrogens with one attached hydrogen (secondary N) is 3. The molecular formula is C14H26N6O6. The van der Waals surface area contributed by atoms with Crippen molar-refractivity contribution in [2.24, 2.45) is 17.2 Å². The number of amides is 4. The molecule has 0 spiro atoms. The quantitative estimate of drug-likeness (QED) is 0.158. The van der Waals surface area contributed by atoms with Gasteiger partial charge in [-0.05, 0) is 25.8 Å². The zero-order chi connectivity index (χ0) is 20.1. The van der Waals surface area contributed by atoms with Crippen LogP contribution in [-0.2, 0) is 24.0 Å². The van der Waals surface area contributed by atoms with Crippen molar-refractivity contribution in [2.75, 3.05) is 19.6 Å². The van der Waals surface area contributed by atoms with Crippen LogP contribution in [-0.4, -0.2) is 66.4 Å². The molecule has 0 aliphatic heterocycles. The van der Waals surface area contributed by atoms with Crippen molar-refractivity contribution >= 4 is 29.6 Å². The largest absolute Gasteiger partial charge is 0.480 e. The molecule has 0 aromatic carbocycles. The van der Waals surface area contributed by atoms with Crippen molar-refractivity contribution in [3.8, 4) is 0 Å². The Hall–Kier alpha value is -2.73. The highest BCUT2D eigenvalue weighted by Gasteiger charge is 2.20. The monoisotopic (exact) mass is 374 g/mol. The van der Waals surface area contributed by atoms with E-state index in [1.165, 1.54) is 0 Å². The summed E-state index contributed by atoms with van der Waals surface area (Å²) in [6.45, 7) is -0.495. The van der Waals surface area contributed by atoms with Gasteiger partial charge in [0.2, 0.25) is 23.6 Å². The zero-order valence-electron chi connectivity index (χ0n) is 14.3. The van der Waals surface area contributed by atoms with Crippen LogP contribution in [0, 0.1) is 0 Å². The lowest BCUT2D eigenvalue weighted by Gasteiger charge is -2.15. The van der Waals surface area contributed by atoms with E-state index in [-0.39, 0.29) is 12.8 Å². The lowest BCUT2D eigenvalue weighted by molar-refractivity contribution is -0.142. The molecule has 0 aromatic heterocycles. The Morgan fingerprint density at radius 3 is 2.12 bits per heavy atom. The standard InChI is InChI=1S/C14H26N6O6/c15-4-2-1-3-9(14(25)26)20-12(23)7-18-11(22)6-19-13(24)8(16)5-10(17)21/h8-9H,1-7,15-16H2,(H2,17,21)(H,18,22)(H,19,24)(H,20,23)(H,25,26). The van der Waals surface area contributed by atoms with E-state index >= 15 is 0 Å². The Morgan fingerprint density at radius 2 is 1.58 bits per heavy atom. The fourth-order valence-corrected chi connectivity index (χ4v) is 1.84. The number of hydrogen-bond donors (Lipinski definition) is 7. The maximum atomic E-state index is 11.7. The summed E-state index contributed by atoms with van der Waals surface area (Å²) in [6.07, 6.45) is 1.03. The van der Waals surface area contributed by atoms with Gasteiger partial charge >= 0.3 is 5.97 Å². The minimum Gasteiger partial charge on any atom is -0.480 e. The molecule has 0 saturated heterocycles. The van der Waals surface area contributed by atoms with E-state index in [1.54, 1.807) is 0 Å². The van der Waals surface area contributed by atoms with Gasteiger partial charge < -0.3 is 38.3 Å². The molecule has 12 nitrogen and oxygen atoms in total. The van der Waals surface area contributed by atoms with Gasteiger partial charge in [-0.1, -0.05) is 0 Å². The fraction of sp³-hybridized carbons (Fsp3) is 0.643. The number of carbonyl (C=O) groups is 5. The highest BCUT2D eigenvalue weighted by molar-refractivity contribution is 5.92. The lowest BCUT2D eigenvalue weighted by atomic mass is 10.1. The van der Waals surface area contributed by atoms with E-state index in [9.17, 15) is 24.0 Å². The van der Waals surface area contributed by atoms with Crippen molar-refractivity contribution in [1.82, 2.24) is 16.0 Å². The summed E-state index contributed by atoms with van der Waals surface area (Å²) in [5.74, 6) is -4.05. The maximum Gasteiger partial charge on any atom is 0.326 e. The van der Waals surface area contributed by atoms with Gasteiger partial charge in [-0.25, -0.2) is 4.79 Å². The highest BCUT2D eigenvalue weighted by Crippen LogP contribution is 2.00. The van der Waals surface area contributed by atoms with Crippen molar-refractivity contribution in [3.63, 3.8) is 0 Å². The second-order valence-electron chi connectivity index (χ2n) is 5.51. The first-order valence-corrected chi connectivity index (χ1v) is 7.97. The van der Waals surface area contributed by atoms with Crippen LogP contribution in [0.4, 0.5) is 0 Å². The summed E-state index contributed by atoms with van der Waals surface area (Å²) in [5.41, 5.74) is 15.6. The molecule has 0 aromatic rings. The number of unbranched alkanes of at least 4 members (excludes halogenated alkanes) is 1. The van der Waals surface area contributed by atoms with Gasteiger partial charge in [-0.2, -0.15) is 0 Å². The van der Waals surface area contributed by atoms with E-state index in [4.69, 9.17) is 22.3 Å². The normalized spacial score (nSPS) is 12.5. The maximum absolute atomic E-state index is 11.7. The number of hydrogen-bond acceptors (Lipinski definition) is 7. The van der Waals surface area contributed by atoms with Crippen LogP contribution in [0.15, 0.2) is 0 Å². The van der Waals surface area contributed by atoms with Crippen molar-refractivity contribution in [2.45, 2.75) is 37.8 Å². The first-order chi connectivity index (χ1) is 12.2. The Morgan fingerprint density at radius 1 is 0.962 bits per heavy atom. The van der Waals surface area contributed by atoms with E-state index < -0.39 is 54.8 Å².